The zero-order valence-electron chi connectivity index (χ0n) is 14.5. The van der Waals surface area contributed by atoms with Crippen molar-refractivity contribution in [1.29, 1.82) is 0 Å². The van der Waals surface area contributed by atoms with Gasteiger partial charge in [-0.1, -0.05) is 48.9 Å². The maximum atomic E-state index is 12.1. The molecule has 3 rings (SSSR count). The van der Waals surface area contributed by atoms with Gasteiger partial charge in [-0.25, -0.2) is 4.98 Å². The number of nitrogens with zero attached hydrogens (tertiary/aromatic N) is 1. The number of halogens is 1. The Labute approximate surface area is 158 Å². The van der Waals surface area contributed by atoms with Crippen LogP contribution in [0, 0.1) is 0 Å². The normalized spacial score (nSPS) is 10.4. The third kappa shape index (κ3) is 4.83. The topological polar surface area (TPSA) is 54.0 Å². The smallest absolute Gasteiger partial charge is 0.228 e. The van der Waals surface area contributed by atoms with Crippen molar-refractivity contribution in [3.8, 4) is 0 Å². The first kappa shape index (κ1) is 18.0. The van der Waals surface area contributed by atoms with E-state index in [2.05, 4.69) is 28.6 Å². The van der Waals surface area contributed by atoms with Gasteiger partial charge in [0.25, 0.3) is 0 Å². The molecule has 0 unspecified atom stereocenters. The Kier molecular flexibility index (Phi) is 5.87. The second kappa shape index (κ2) is 8.50. The molecule has 3 aromatic rings. The van der Waals surface area contributed by atoms with E-state index in [1.54, 1.807) is 18.3 Å². The minimum atomic E-state index is -0.0915. The lowest BCUT2D eigenvalue weighted by molar-refractivity contribution is -0.115. The zero-order valence-corrected chi connectivity index (χ0v) is 15.3. The van der Waals surface area contributed by atoms with E-state index in [1.807, 2.05) is 42.5 Å². The standard InChI is InChI=1S/C21H20ClN3O/c1-2-16-5-3-4-6-19(16)25-20-12-11-18(14-23-20)24-21(26)13-15-7-9-17(22)10-8-15/h3-12,14H,2,13H2,1H3,(H,23,25)(H,24,26). The largest absolute Gasteiger partial charge is 0.340 e. The van der Waals surface area contributed by atoms with Crippen LogP contribution in [-0.4, -0.2) is 10.9 Å². The molecule has 0 atom stereocenters. The number of pyridine rings is 1. The number of para-hydroxylation sites is 1. The highest BCUT2D eigenvalue weighted by Crippen LogP contribution is 2.21. The van der Waals surface area contributed by atoms with Crippen LogP contribution in [-0.2, 0) is 17.6 Å². The van der Waals surface area contributed by atoms with Crippen molar-refractivity contribution in [3.05, 3.63) is 83.0 Å². The number of rotatable bonds is 6. The number of carbonyl (C=O) groups excluding carboxylic acids is 1. The van der Waals surface area contributed by atoms with Gasteiger partial charge in [0.1, 0.15) is 5.82 Å². The first-order chi connectivity index (χ1) is 12.6. The van der Waals surface area contributed by atoms with E-state index in [9.17, 15) is 4.79 Å². The summed E-state index contributed by atoms with van der Waals surface area (Å²) in [5, 5.41) is 6.83. The zero-order chi connectivity index (χ0) is 18.4. The van der Waals surface area contributed by atoms with Gasteiger partial charge in [0.2, 0.25) is 5.91 Å². The highest BCUT2D eigenvalue weighted by atomic mass is 35.5. The molecule has 0 aliphatic heterocycles. The van der Waals surface area contributed by atoms with Crippen LogP contribution < -0.4 is 10.6 Å². The number of aryl methyl sites for hydroxylation is 1. The predicted octanol–water partition coefficient (Wildman–Crippen LogP) is 5.22. The highest BCUT2D eigenvalue weighted by Gasteiger charge is 2.06. The van der Waals surface area contributed by atoms with Gasteiger partial charge in [0.05, 0.1) is 18.3 Å². The van der Waals surface area contributed by atoms with Crippen molar-refractivity contribution in [1.82, 2.24) is 4.98 Å². The molecule has 5 heteroatoms. The van der Waals surface area contributed by atoms with Gasteiger partial charge in [0.15, 0.2) is 0 Å². The Hall–Kier alpha value is -2.85. The second-order valence-corrected chi connectivity index (χ2v) is 6.36. The van der Waals surface area contributed by atoms with Gasteiger partial charge in [-0.2, -0.15) is 0 Å². The number of anilines is 3. The summed E-state index contributed by atoms with van der Waals surface area (Å²) in [6.07, 6.45) is 2.89. The Morgan fingerprint density at radius 1 is 1.04 bits per heavy atom. The van der Waals surface area contributed by atoms with Crippen LogP contribution in [0.5, 0.6) is 0 Å². The fourth-order valence-electron chi connectivity index (χ4n) is 2.62. The van der Waals surface area contributed by atoms with Crippen molar-refractivity contribution in [2.24, 2.45) is 0 Å². The summed E-state index contributed by atoms with van der Waals surface area (Å²) in [6.45, 7) is 2.12. The maximum absolute atomic E-state index is 12.1. The fraction of sp³-hybridized carbons (Fsp3) is 0.143. The first-order valence-electron chi connectivity index (χ1n) is 8.49. The van der Waals surface area contributed by atoms with Crippen LogP contribution in [0.3, 0.4) is 0 Å². The van der Waals surface area contributed by atoms with Crippen LogP contribution in [0.2, 0.25) is 5.02 Å². The number of carbonyl (C=O) groups is 1. The molecule has 0 aliphatic carbocycles. The Bertz CT molecular complexity index is 877. The lowest BCUT2D eigenvalue weighted by Gasteiger charge is -2.11. The average Bonchev–Trinajstić information content (AvgIpc) is 2.65. The summed E-state index contributed by atoms with van der Waals surface area (Å²) in [4.78, 5) is 16.5. The minimum absolute atomic E-state index is 0.0915. The van der Waals surface area contributed by atoms with Crippen molar-refractivity contribution in [2.75, 3.05) is 10.6 Å². The van der Waals surface area contributed by atoms with Gasteiger partial charge in [0, 0.05) is 10.7 Å². The maximum Gasteiger partial charge on any atom is 0.228 e. The van der Waals surface area contributed by atoms with Gasteiger partial charge < -0.3 is 10.6 Å². The molecule has 0 aliphatic rings. The molecule has 0 saturated carbocycles. The molecule has 0 saturated heterocycles. The number of hydrogen-bond acceptors (Lipinski definition) is 3. The van der Waals surface area contributed by atoms with Crippen LogP contribution >= 0.6 is 11.6 Å². The van der Waals surface area contributed by atoms with Crippen molar-refractivity contribution in [2.45, 2.75) is 19.8 Å². The number of amides is 1. The fourth-order valence-corrected chi connectivity index (χ4v) is 2.75. The van der Waals surface area contributed by atoms with Crippen LogP contribution in [0.1, 0.15) is 18.1 Å². The Balaban J connectivity index is 1.60. The molecule has 132 valence electrons. The summed E-state index contributed by atoms with van der Waals surface area (Å²) in [5.74, 6) is 0.646. The lowest BCUT2D eigenvalue weighted by atomic mass is 10.1. The van der Waals surface area contributed by atoms with E-state index in [4.69, 9.17) is 11.6 Å². The van der Waals surface area contributed by atoms with Crippen LogP contribution in [0.15, 0.2) is 66.9 Å². The second-order valence-electron chi connectivity index (χ2n) is 5.92. The van der Waals surface area contributed by atoms with Crippen LogP contribution in [0.4, 0.5) is 17.2 Å². The number of nitrogens with one attached hydrogen (secondary N) is 2. The van der Waals surface area contributed by atoms with Crippen molar-refractivity contribution < 1.29 is 4.79 Å². The van der Waals surface area contributed by atoms with Gasteiger partial charge in [-0.05, 0) is 47.9 Å². The average molecular weight is 366 g/mol. The molecule has 0 radical (unpaired) electrons. The molecule has 0 fully saturated rings. The molecule has 2 N–H and O–H groups in total. The monoisotopic (exact) mass is 365 g/mol. The van der Waals surface area contributed by atoms with Crippen LogP contribution in [0.25, 0.3) is 0 Å². The molecular weight excluding hydrogens is 346 g/mol. The third-order valence-corrected chi connectivity index (χ3v) is 4.24. The number of hydrogen-bond donors (Lipinski definition) is 2. The van der Waals surface area contributed by atoms with Gasteiger partial charge in [-0.3, -0.25) is 4.79 Å². The summed E-state index contributed by atoms with van der Waals surface area (Å²) in [5.41, 5.74) is 3.85. The highest BCUT2D eigenvalue weighted by molar-refractivity contribution is 6.30. The molecule has 26 heavy (non-hydrogen) atoms. The summed E-state index contributed by atoms with van der Waals surface area (Å²) >= 11 is 5.86. The molecule has 0 spiro atoms. The molecule has 1 amide bonds. The van der Waals surface area contributed by atoms with Crippen molar-refractivity contribution in [3.63, 3.8) is 0 Å². The van der Waals surface area contributed by atoms with E-state index >= 15 is 0 Å². The van der Waals surface area contributed by atoms with E-state index < -0.39 is 0 Å². The summed E-state index contributed by atoms with van der Waals surface area (Å²) in [6, 6.07) is 19.1. The lowest BCUT2D eigenvalue weighted by Crippen LogP contribution is -2.14. The van der Waals surface area contributed by atoms with E-state index in [-0.39, 0.29) is 5.91 Å². The molecule has 2 aromatic carbocycles. The summed E-state index contributed by atoms with van der Waals surface area (Å²) < 4.78 is 0. The first-order valence-corrected chi connectivity index (χ1v) is 8.87. The quantitative estimate of drug-likeness (QED) is 0.629. The van der Waals surface area contributed by atoms with E-state index in [0.717, 1.165) is 23.5 Å². The van der Waals surface area contributed by atoms with E-state index in [1.165, 1.54) is 5.56 Å². The molecular formula is C21H20ClN3O. The Morgan fingerprint density at radius 2 is 1.81 bits per heavy atom. The SMILES string of the molecule is CCc1ccccc1Nc1ccc(NC(=O)Cc2ccc(Cl)cc2)cn1. The molecule has 0 bridgehead atoms. The van der Waals surface area contributed by atoms with Gasteiger partial charge in [-0.15, -0.1) is 0 Å². The van der Waals surface area contributed by atoms with Gasteiger partial charge >= 0.3 is 0 Å². The number of benzene rings is 2. The third-order valence-electron chi connectivity index (χ3n) is 3.99. The van der Waals surface area contributed by atoms with Crippen molar-refractivity contribution >= 4 is 34.7 Å². The molecule has 4 nitrogen and oxygen atoms in total. The molecule has 1 aromatic heterocycles. The predicted molar refractivity (Wildman–Crippen MR) is 107 cm³/mol. The minimum Gasteiger partial charge on any atom is -0.340 e. The number of aromatic nitrogens is 1. The Morgan fingerprint density at radius 3 is 2.50 bits per heavy atom. The van der Waals surface area contributed by atoms with E-state index in [0.29, 0.717) is 17.1 Å². The molecule has 1 heterocycles. The summed E-state index contributed by atoms with van der Waals surface area (Å²) in [7, 11) is 0.